The van der Waals surface area contributed by atoms with Crippen LogP contribution in [0.15, 0.2) is 0 Å². The van der Waals surface area contributed by atoms with Gasteiger partial charge in [0.05, 0.1) is 26.4 Å². The summed E-state index contributed by atoms with van der Waals surface area (Å²) in [5.41, 5.74) is 0. The highest BCUT2D eigenvalue weighted by Crippen LogP contribution is 2.45. The maximum atomic E-state index is 13.1. The number of aliphatic hydroxyl groups is 1. The zero-order valence-corrected chi connectivity index (χ0v) is 61.6. The number of hydrogen-bond acceptors (Lipinski definition) is 15. The summed E-state index contributed by atoms with van der Waals surface area (Å²) in [4.78, 5) is 72.6. The first-order valence-corrected chi connectivity index (χ1v) is 41.0. The van der Waals surface area contributed by atoms with Crippen LogP contribution in [0.5, 0.6) is 0 Å². The average molecular weight is 1350 g/mol. The highest BCUT2D eigenvalue weighted by atomic mass is 31.2. The van der Waals surface area contributed by atoms with Crippen molar-refractivity contribution in [2.75, 3.05) is 39.6 Å². The number of phosphoric acid groups is 2. The van der Waals surface area contributed by atoms with E-state index in [1.54, 1.807) is 0 Å². The Hall–Kier alpha value is -1.94. The number of unbranched alkanes of at least 4 members (excludes halogenated alkanes) is 41. The van der Waals surface area contributed by atoms with E-state index >= 15 is 0 Å². The van der Waals surface area contributed by atoms with Crippen molar-refractivity contribution in [1.29, 1.82) is 0 Å². The molecule has 0 rings (SSSR count). The van der Waals surface area contributed by atoms with Crippen molar-refractivity contribution >= 4 is 39.5 Å². The minimum Gasteiger partial charge on any atom is -0.462 e. The molecule has 0 aliphatic heterocycles. The minimum absolute atomic E-state index is 0.105. The Morgan fingerprint density at radius 2 is 0.554 bits per heavy atom. The van der Waals surface area contributed by atoms with Crippen LogP contribution in [-0.2, 0) is 65.4 Å². The second-order valence-corrected chi connectivity index (χ2v) is 30.0. The zero-order valence-electron chi connectivity index (χ0n) is 59.9. The lowest BCUT2D eigenvalue weighted by molar-refractivity contribution is -0.161. The van der Waals surface area contributed by atoms with Crippen molar-refractivity contribution in [1.82, 2.24) is 0 Å². The molecule has 3 unspecified atom stereocenters. The van der Waals surface area contributed by atoms with Crippen molar-refractivity contribution in [3.63, 3.8) is 0 Å². The Labute approximate surface area is 562 Å². The lowest BCUT2D eigenvalue weighted by Gasteiger charge is -2.21. The van der Waals surface area contributed by atoms with Gasteiger partial charge in [0.1, 0.15) is 19.3 Å². The van der Waals surface area contributed by atoms with E-state index < -0.39 is 97.5 Å². The molecule has 0 saturated heterocycles. The third kappa shape index (κ3) is 65.4. The number of ether oxygens (including phenoxy) is 4. The summed E-state index contributed by atoms with van der Waals surface area (Å²) in [6.45, 7) is 9.55. The van der Waals surface area contributed by atoms with E-state index in [1.807, 2.05) is 0 Å². The minimum atomic E-state index is -4.95. The monoisotopic (exact) mass is 1350 g/mol. The summed E-state index contributed by atoms with van der Waals surface area (Å²) < 4.78 is 68.3. The van der Waals surface area contributed by atoms with E-state index in [0.717, 1.165) is 108 Å². The van der Waals surface area contributed by atoms with Crippen LogP contribution in [0.3, 0.4) is 0 Å². The lowest BCUT2D eigenvalue weighted by Crippen LogP contribution is -2.30. The molecular weight excluding hydrogens is 1210 g/mol. The van der Waals surface area contributed by atoms with Gasteiger partial charge in [-0.15, -0.1) is 0 Å². The maximum Gasteiger partial charge on any atom is 0.472 e. The molecule has 0 aromatic heterocycles. The van der Waals surface area contributed by atoms with Crippen LogP contribution < -0.4 is 0 Å². The topological polar surface area (TPSA) is 237 Å². The molecule has 3 N–H and O–H groups in total. The van der Waals surface area contributed by atoms with Crippen LogP contribution in [0.25, 0.3) is 0 Å². The van der Waals surface area contributed by atoms with Crippen LogP contribution in [0, 0.1) is 11.8 Å². The van der Waals surface area contributed by atoms with E-state index in [9.17, 15) is 43.2 Å². The highest BCUT2D eigenvalue weighted by Gasteiger charge is 2.30. The number of hydrogen-bond donors (Lipinski definition) is 3. The highest BCUT2D eigenvalue weighted by molar-refractivity contribution is 7.47. The summed E-state index contributed by atoms with van der Waals surface area (Å²) in [5, 5.41) is 10.6. The number of rotatable bonds is 72. The first-order valence-electron chi connectivity index (χ1n) is 38.0. The van der Waals surface area contributed by atoms with Crippen LogP contribution in [0.4, 0.5) is 0 Å². The van der Waals surface area contributed by atoms with Gasteiger partial charge >= 0.3 is 39.5 Å². The lowest BCUT2D eigenvalue weighted by atomic mass is 9.99. The fraction of sp³-hybridized carbons (Fsp3) is 0.945. The van der Waals surface area contributed by atoms with E-state index in [4.69, 9.17) is 37.0 Å². The standard InChI is InChI=1S/C73H142O17P2/c1-7-10-12-14-16-18-19-20-21-22-23-24-25-26-33-39-45-51-57-72(77)89-69(62-84-71(76)56-50-44-38-32-28-27-31-36-42-48-54-66(6)9-3)64-88-92(81,82)86-60-67(74)59-85-91(79,80)87-63-68(61-83-70(75)55-49-43-37-17-15-13-11-8-2)90-73(78)58-52-46-40-34-29-30-35-41-47-53-65(4)5/h65-69,74H,7-64H2,1-6H3,(H,79,80)(H,81,82)/t66?,67-,68+,69+/m0/s1. The predicted octanol–water partition coefficient (Wildman–Crippen LogP) is 21.2. The molecule has 0 amide bonds. The fourth-order valence-electron chi connectivity index (χ4n) is 11.1. The maximum absolute atomic E-state index is 13.1. The smallest absolute Gasteiger partial charge is 0.462 e. The molecule has 0 aliphatic rings. The second-order valence-electron chi connectivity index (χ2n) is 27.1. The van der Waals surface area contributed by atoms with E-state index in [-0.39, 0.29) is 25.7 Å². The van der Waals surface area contributed by atoms with Gasteiger partial charge in [0.2, 0.25) is 0 Å². The van der Waals surface area contributed by atoms with Crippen molar-refractivity contribution < 1.29 is 80.2 Å². The molecule has 0 aromatic rings. The summed E-state index contributed by atoms with van der Waals surface area (Å²) in [6, 6.07) is 0. The van der Waals surface area contributed by atoms with E-state index in [2.05, 4.69) is 41.5 Å². The second kappa shape index (κ2) is 65.0. The molecular formula is C73H142O17P2. The van der Waals surface area contributed by atoms with Gasteiger partial charge in [-0.1, -0.05) is 324 Å². The van der Waals surface area contributed by atoms with Gasteiger partial charge in [0.15, 0.2) is 12.2 Å². The molecule has 92 heavy (non-hydrogen) atoms. The quantitative estimate of drug-likeness (QED) is 0.0222. The van der Waals surface area contributed by atoms with Gasteiger partial charge < -0.3 is 33.8 Å². The first-order chi connectivity index (χ1) is 44.4. The molecule has 546 valence electrons. The molecule has 17 nitrogen and oxygen atoms in total. The van der Waals surface area contributed by atoms with E-state index in [0.29, 0.717) is 25.7 Å². The molecule has 0 aliphatic carbocycles. The van der Waals surface area contributed by atoms with Crippen LogP contribution >= 0.6 is 15.6 Å². The van der Waals surface area contributed by atoms with Crippen molar-refractivity contribution in [3.05, 3.63) is 0 Å². The molecule has 0 heterocycles. The Kier molecular flexibility index (Phi) is 63.7. The summed E-state index contributed by atoms with van der Waals surface area (Å²) >= 11 is 0. The van der Waals surface area contributed by atoms with Crippen molar-refractivity contribution in [2.24, 2.45) is 11.8 Å². The fourth-order valence-corrected chi connectivity index (χ4v) is 12.7. The SMILES string of the molecule is CCCCCCCCCCCCCCCCCCCCC(=O)O[C@H](COC(=O)CCCCCCCCCCCCC(C)CC)COP(=O)(O)OC[C@@H](O)COP(=O)(O)OC[C@@H](COC(=O)CCCCCCCCCC)OC(=O)CCCCCCCCCCCC(C)C. The molecule has 0 saturated carbocycles. The Morgan fingerprint density at radius 1 is 0.315 bits per heavy atom. The van der Waals surface area contributed by atoms with Crippen molar-refractivity contribution in [3.8, 4) is 0 Å². The largest absolute Gasteiger partial charge is 0.472 e. The molecule has 19 heteroatoms. The van der Waals surface area contributed by atoms with E-state index in [1.165, 1.54) is 186 Å². The predicted molar refractivity (Wildman–Crippen MR) is 372 cm³/mol. The third-order valence-corrected chi connectivity index (χ3v) is 19.2. The zero-order chi connectivity index (χ0) is 67.9. The van der Waals surface area contributed by atoms with Crippen LogP contribution in [-0.4, -0.2) is 96.7 Å². The molecule has 0 aromatic carbocycles. The molecule has 0 spiro atoms. The van der Waals surface area contributed by atoms with Gasteiger partial charge in [0.25, 0.3) is 0 Å². The molecule has 0 bridgehead atoms. The number of carbonyl (C=O) groups excluding carboxylic acids is 4. The van der Waals surface area contributed by atoms with Gasteiger partial charge in [-0.3, -0.25) is 37.3 Å². The first kappa shape index (κ1) is 90.1. The van der Waals surface area contributed by atoms with Gasteiger partial charge in [-0.2, -0.15) is 0 Å². The summed E-state index contributed by atoms with van der Waals surface area (Å²) in [6.07, 6.45) is 51.3. The Bertz CT molecular complexity index is 1790. The van der Waals surface area contributed by atoms with Gasteiger partial charge in [0, 0.05) is 25.7 Å². The molecule has 0 radical (unpaired) electrons. The Morgan fingerprint density at radius 3 is 0.826 bits per heavy atom. The average Bonchev–Trinajstić information content (AvgIpc) is 2.59. The number of esters is 4. The summed E-state index contributed by atoms with van der Waals surface area (Å²) in [7, 11) is -9.90. The number of carbonyl (C=O) groups is 4. The number of aliphatic hydroxyl groups excluding tert-OH is 1. The van der Waals surface area contributed by atoms with Crippen LogP contribution in [0.2, 0.25) is 0 Å². The normalized spacial score (nSPS) is 14.4. The third-order valence-electron chi connectivity index (χ3n) is 17.3. The molecule has 6 atom stereocenters. The number of phosphoric ester groups is 2. The van der Waals surface area contributed by atoms with Gasteiger partial charge in [-0.25, -0.2) is 9.13 Å². The van der Waals surface area contributed by atoms with Gasteiger partial charge in [-0.05, 0) is 37.5 Å². The van der Waals surface area contributed by atoms with Crippen molar-refractivity contribution in [2.45, 2.75) is 394 Å². The Balaban J connectivity index is 5.22. The molecule has 0 fully saturated rings. The van der Waals surface area contributed by atoms with Crippen LogP contribution in [0.1, 0.15) is 375 Å². The summed E-state index contributed by atoms with van der Waals surface area (Å²) in [5.74, 6) is -0.576.